The molecular formula is C55H92O22. The molecule has 29 atom stereocenters. The van der Waals surface area contributed by atoms with Crippen LogP contribution in [0.1, 0.15) is 133 Å². The smallest absolute Gasteiger partial charge is 0.309 e. The van der Waals surface area contributed by atoms with Crippen molar-refractivity contribution in [1.29, 1.82) is 0 Å². The first-order chi connectivity index (χ1) is 36.3. The third-order valence-electron chi connectivity index (χ3n) is 20.3. The van der Waals surface area contributed by atoms with E-state index in [9.17, 15) is 45.3 Å². The summed E-state index contributed by atoms with van der Waals surface area (Å²) < 4.78 is 80.2. The van der Waals surface area contributed by atoms with Gasteiger partial charge in [-0.1, -0.05) is 27.7 Å². The van der Waals surface area contributed by atoms with Gasteiger partial charge in [-0.15, -0.1) is 0 Å². The van der Waals surface area contributed by atoms with Gasteiger partial charge in [0.2, 0.25) is 0 Å². The summed E-state index contributed by atoms with van der Waals surface area (Å²) in [7, 11) is 4.55. The quantitative estimate of drug-likeness (QED) is 0.0811. The molecule has 4 saturated carbocycles. The third kappa shape index (κ3) is 11.2. The fourth-order valence-electron chi connectivity index (χ4n) is 15.4. The number of hydrogen-bond donors (Lipinski definition) is 7. The molecule has 4 heterocycles. The van der Waals surface area contributed by atoms with Crippen molar-refractivity contribution in [2.24, 2.45) is 34.5 Å². The predicted octanol–water partition coefficient (Wildman–Crippen LogP) is 2.16. The Bertz CT molecular complexity index is 1980. The molecule has 0 amide bonds. The topological polar surface area (TPSA) is 296 Å². The third-order valence-corrected chi connectivity index (χ3v) is 20.3. The first-order valence-electron chi connectivity index (χ1n) is 28.3. The Morgan fingerprint density at radius 3 is 1.84 bits per heavy atom. The molecule has 0 spiro atoms. The Morgan fingerprint density at radius 1 is 0.649 bits per heavy atom. The number of fused-ring (bicyclic) bond motifs is 5. The molecule has 4 aliphatic heterocycles. The van der Waals surface area contributed by atoms with Gasteiger partial charge < -0.3 is 97.3 Å². The van der Waals surface area contributed by atoms with Crippen molar-refractivity contribution in [3.63, 3.8) is 0 Å². The zero-order valence-corrected chi connectivity index (χ0v) is 47.2. The molecule has 444 valence electrons. The average molecular weight is 1110 g/mol. The molecule has 8 fully saturated rings. The second-order valence-electron chi connectivity index (χ2n) is 24.3. The van der Waals surface area contributed by atoms with Gasteiger partial charge in [0.15, 0.2) is 25.2 Å². The SMILES string of the molecule is CCC(C)C(=O)O[C@H](C)[C@]1(O)CC[C@]2(O)[C@@H]3CC[C@H]4C[C@@H](O[C@H]5C[C@H](OC)[C@H](O[C@H]6C[C@@H](OC)[C@H](O[C@@H]7O[C@H](C)[C@@H](O[C@@H]8O[C@H](CO)[C@@H](O)[C@H](O)[C@H]8O)[C@H](OC)[C@H]7O)[C@@H](C)O6)[C@@H](C)O5)CC[C@]4(C)[C@H]3C[C@@H](OC(C)=O)[C@]12C. The fraction of sp³-hybridized carbons (Fsp3) is 0.964. The van der Waals surface area contributed by atoms with E-state index in [0.717, 1.165) is 32.1 Å². The van der Waals surface area contributed by atoms with E-state index < -0.39 is 158 Å². The summed E-state index contributed by atoms with van der Waals surface area (Å²) >= 11 is 0. The van der Waals surface area contributed by atoms with Gasteiger partial charge in [0.05, 0.1) is 60.2 Å². The summed E-state index contributed by atoms with van der Waals surface area (Å²) in [6.45, 7) is 15.6. The van der Waals surface area contributed by atoms with Crippen molar-refractivity contribution >= 4 is 11.9 Å². The second kappa shape index (κ2) is 24.2. The molecule has 77 heavy (non-hydrogen) atoms. The minimum atomic E-state index is -1.67. The van der Waals surface area contributed by atoms with E-state index >= 15 is 0 Å². The van der Waals surface area contributed by atoms with E-state index in [4.69, 9.17) is 61.6 Å². The summed E-state index contributed by atoms with van der Waals surface area (Å²) in [4.78, 5) is 25.9. The van der Waals surface area contributed by atoms with Gasteiger partial charge in [0, 0.05) is 41.1 Å². The molecule has 0 aromatic rings. The fourth-order valence-corrected chi connectivity index (χ4v) is 15.4. The monoisotopic (exact) mass is 1100 g/mol. The second-order valence-corrected chi connectivity index (χ2v) is 24.3. The zero-order chi connectivity index (χ0) is 56.3. The number of aliphatic hydroxyl groups is 7. The molecule has 1 unspecified atom stereocenters. The zero-order valence-electron chi connectivity index (χ0n) is 47.2. The van der Waals surface area contributed by atoms with E-state index in [-0.39, 0.29) is 48.0 Å². The van der Waals surface area contributed by atoms with Crippen LogP contribution in [0.2, 0.25) is 0 Å². The first-order valence-corrected chi connectivity index (χ1v) is 28.3. The minimum absolute atomic E-state index is 0.00134. The normalized spacial score (nSPS) is 50.9. The van der Waals surface area contributed by atoms with E-state index in [0.29, 0.717) is 25.7 Å². The lowest BCUT2D eigenvalue weighted by Crippen LogP contribution is -2.72. The van der Waals surface area contributed by atoms with Crippen LogP contribution in [0.25, 0.3) is 0 Å². The Balaban J connectivity index is 0.859. The van der Waals surface area contributed by atoms with Gasteiger partial charge in [-0.3, -0.25) is 9.59 Å². The van der Waals surface area contributed by atoms with Crippen molar-refractivity contribution in [1.82, 2.24) is 0 Å². The van der Waals surface area contributed by atoms with Crippen molar-refractivity contribution in [3.8, 4) is 0 Å². The molecule has 0 aromatic carbocycles. The van der Waals surface area contributed by atoms with Gasteiger partial charge in [-0.05, 0) is 109 Å². The lowest BCUT2D eigenvalue weighted by molar-refractivity contribution is -0.373. The minimum Gasteiger partial charge on any atom is -0.462 e. The summed E-state index contributed by atoms with van der Waals surface area (Å²) in [5.41, 5.74) is -4.51. The molecule has 0 radical (unpaired) electrons. The molecule has 0 aromatic heterocycles. The van der Waals surface area contributed by atoms with Gasteiger partial charge in [-0.25, -0.2) is 0 Å². The highest BCUT2D eigenvalue weighted by Crippen LogP contribution is 2.71. The predicted molar refractivity (Wildman–Crippen MR) is 268 cm³/mol. The Kier molecular flexibility index (Phi) is 19.3. The van der Waals surface area contributed by atoms with Crippen LogP contribution in [-0.2, 0) is 71.2 Å². The summed E-state index contributed by atoms with van der Waals surface area (Å²) in [6, 6.07) is 0. The summed E-state index contributed by atoms with van der Waals surface area (Å²) in [5, 5.41) is 78.1. The van der Waals surface area contributed by atoms with Crippen LogP contribution in [0.3, 0.4) is 0 Å². The summed E-state index contributed by atoms with van der Waals surface area (Å²) in [6.07, 6.45) is -13.5. The molecule has 0 bridgehead atoms. The van der Waals surface area contributed by atoms with Crippen LogP contribution in [0.5, 0.6) is 0 Å². The maximum Gasteiger partial charge on any atom is 0.309 e. The number of methoxy groups -OCH3 is 3. The molecule has 4 aliphatic carbocycles. The van der Waals surface area contributed by atoms with Crippen molar-refractivity contribution in [2.75, 3.05) is 27.9 Å². The number of carbonyl (C=O) groups is 2. The van der Waals surface area contributed by atoms with Gasteiger partial charge >= 0.3 is 11.9 Å². The molecular weight excluding hydrogens is 1010 g/mol. The molecule has 8 aliphatic rings. The number of aliphatic hydroxyl groups excluding tert-OH is 5. The molecule has 4 saturated heterocycles. The maximum absolute atomic E-state index is 13.1. The lowest BCUT2D eigenvalue weighted by atomic mass is 9.42. The molecule has 8 rings (SSSR count). The Labute approximate surface area is 453 Å². The number of carbonyl (C=O) groups excluding carboxylic acids is 2. The van der Waals surface area contributed by atoms with Gasteiger partial charge in [0.1, 0.15) is 72.7 Å². The van der Waals surface area contributed by atoms with Crippen LogP contribution in [0.15, 0.2) is 0 Å². The number of rotatable bonds is 17. The summed E-state index contributed by atoms with van der Waals surface area (Å²) in [5.74, 6) is -1.16. The van der Waals surface area contributed by atoms with Crippen LogP contribution < -0.4 is 0 Å². The van der Waals surface area contributed by atoms with E-state index in [1.54, 1.807) is 41.9 Å². The van der Waals surface area contributed by atoms with Gasteiger partial charge in [-0.2, -0.15) is 0 Å². The molecule has 22 nitrogen and oxygen atoms in total. The van der Waals surface area contributed by atoms with Crippen molar-refractivity contribution < 1.29 is 107 Å². The highest BCUT2D eigenvalue weighted by atomic mass is 16.8. The number of hydrogen-bond acceptors (Lipinski definition) is 22. The molecule has 7 N–H and O–H groups in total. The van der Waals surface area contributed by atoms with Crippen molar-refractivity contribution in [3.05, 3.63) is 0 Å². The maximum atomic E-state index is 13.1. The first kappa shape index (κ1) is 61.3. The average Bonchev–Trinajstić information content (AvgIpc) is 3.92. The Hall–Kier alpha value is -1.78. The highest BCUT2D eigenvalue weighted by Gasteiger charge is 2.77. The van der Waals surface area contributed by atoms with Gasteiger partial charge in [0.25, 0.3) is 0 Å². The van der Waals surface area contributed by atoms with Crippen LogP contribution in [0.4, 0.5) is 0 Å². The van der Waals surface area contributed by atoms with E-state index in [1.807, 2.05) is 20.8 Å². The standard InChI is InChI=1S/C55H92O22/c1-13-25(2)49(62)71-29(6)54(63)18-19-55(64)33-15-14-31-20-32(16-17-52(31,8)34(33)21-38(53(54,55)9)72-30(7)57)73-39-22-35(65-10)45(26(3)68-39)75-40-23-36(66-11)46(27(4)69-40)76-51-44(61)48(67-12)47(28(5)70-51)77-50-43(60)42(59)41(58)37(24-56)74-50/h25-29,31-48,50-51,56,58-61,63-64H,13-24H2,1-12H3/t25?,26-,27-,28-,29-,31+,32+,33-,34+,35+,36-,37-,38-,39+,40+,41-,42+,43-,44-,45-,46-,47-,48-,50+,51+,52+,53-,54-,55+/m1/s1. The van der Waals surface area contributed by atoms with E-state index in [1.165, 1.54) is 14.0 Å². The number of ether oxygens (including phenoxy) is 13. The van der Waals surface area contributed by atoms with Crippen LogP contribution >= 0.6 is 0 Å². The molecule has 22 heteroatoms. The van der Waals surface area contributed by atoms with Crippen molar-refractivity contribution in [2.45, 2.75) is 273 Å². The van der Waals surface area contributed by atoms with Crippen LogP contribution in [0, 0.1) is 34.5 Å². The lowest BCUT2D eigenvalue weighted by Gasteiger charge is -2.66. The Morgan fingerprint density at radius 2 is 1.25 bits per heavy atom. The highest BCUT2D eigenvalue weighted by molar-refractivity contribution is 5.72. The largest absolute Gasteiger partial charge is 0.462 e. The van der Waals surface area contributed by atoms with Crippen LogP contribution in [-0.4, -0.2) is 216 Å². The van der Waals surface area contributed by atoms with E-state index in [2.05, 4.69) is 6.92 Å². The number of esters is 2.